The lowest BCUT2D eigenvalue weighted by Crippen LogP contribution is -2.49. The SMILES string of the molecule is OCCCn1cc[n+](C[n+]2ccn(CCCO)c2)c1. The number of nitrogens with zero attached hydrogens (tertiary/aromatic N) is 4. The molecule has 2 aromatic heterocycles. The maximum absolute atomic E-state index is 8.80. The lowest BCUT2D eigenvalue weighted by atomic mass is 10.4. The number of aromatic nitrogens is 4. The van der Waals surface area contributed by atoms with Crippen LogP contribution in [0.5, 0.6) is 0 Å². The lowest BCUT2D eigenvalue weighted by molar-refractivity contribution is -0.912. The Bertz CT molecular complexity index is 448. The zero-order chi connectivity index (χ0) is 13.5. The van der Waals surface area contributed by atoms with Crippen LogP contribution >= 0.6 is 0 Å². The van der Waals surface area contributed by atoms with Gasteiger partial charge in [0.2, 0.25) is 19.3 Å². The second kappa shape index (κ2) is 7.06. The number of aryl methyl sites for hydroxylation is 2. The van der Waals surface area contributed by atoms with Crippen molar-refractivity contribution in [2.24, 2.45) is 0 Å². The first-order valence-electron chi connectivity index (χ1n) is 6.63. The van der Waals surface area contributed by atoms with Crippen molar-refractivity contribution in [1.29, 1.82) is 0 Å². The summed E-state index contributed by atoms with van der Waals surface area (Å²) in [5.41, 5.74) is 0. The Morgan fingerprint density at radius 3 is 1.68 bits per heavy atom. The summed E-state index contributed by atoms with van der Waals surface area (Å²) in [4.78, 5) is 0. The van der Waals surface area contributed by atoms with Crippen LogP contribution in [-0.2, 0) is 19.8 Å². The molecule has 2 aromatic rings. The van der Waals surface area contributed by atoms with E-state index in [1.165, 1.54) is 0 Å². The summed E-state index contributed by atoms with van der Waals surface area (Å²) in [7, 11) is 0. The van der Waals surface area contributed by atoms with Gasteiger partial charge < -0.3 is 10.2 Å². The van der Waals surface area contributed by atoms with Crippen LogP contribution in [0.3, 0.4) is 0 Å². The molecule has 6 heteroatoms. The van der Waals surface area contributed by atoms with Crippen molar-refractivity contribution < 1.29 is 19.3 Å². The highest BCUT2D eigenvalue weighted by molar-refractivity contribution is 4.67. The summed E-state index contributed by atoms with van der Waals surface area (Å²) in [6.45, 7) is 2.89. The number of imidazole rings is 2. The molecule has 6 nitrogen and oxygen atoms in total. The van der Waals surface area contributed by atoms with Gasteiger partial charge in [-0.05, 0) is 0 Å². The molecule has 0 aliphatic carbocycles. The molecule has 0 fully saturated rings. The number of hydrogen-bond acceptors (Lipinski definition) is 2. The predicted octanol–water partition coefficient (Wildman–Crippen LogP) is -0.865. The van der Waals surface area contributed by atoms with Gasteiger partial charge in [0.15, 0.2) is 0 Å². The third-order valence-electron chi connectivity index (χ3n) is 2.97. The fraction of sp³-hybridized carbons (Fsp3) is 0.538. The van der Waals surface area contributed by atoms with Gasteiger partial charge in [0.1, 0.15) is 24.8 Å². The molecule has 104 valence electrons. The van der Waals surface area contributed by atoms with Crippen LogP contribution < -0.4 is 9.13 Å². The van der Waals surface area contributed by atoms with Crippen LogP contribution in [0.4, 0.5) is 0 Å². The molecule has 0 spiro atoms. The van der Waals surface area contributed by atoms with Crippen LogP contribution in [0.2, 0.25) is 0 Å². The molecule has 0 aliphatic heterocycles. The van der Waals surface area contributed by atoms with Gasteiger partial charge in [-0.2, -0.15) is 9.13 Å². The van der Waals surface area contributed by atoms with E-state index in [1.807, 2.05) is 37.4 Å². The second-order valence-corrected chi connectivity index (χ2v) is 4.63. The van der Waals surface area contributed by atoms with Crippen LogP contribution in [0.1, 0.15) is 12.8 Å². The summed E-state index contributed by atoms with van der Waals surface area (Å²) in [6.07, 6.45) is 13.7. The van der Waals surface area contributed by atoms with Crippen molar-refractivity contribution in [3.63, 3.8) is 0 Å². The van der Waals surface area contributed by atoms with Gasteiger partial charge in [-0.3, -0.25) is 0 Å². The molecule has 0 aromatic carbocycles. The molecule has 0 bridgehead atoms. The van der Waals surface area contributed by atoms with Crippen LogP contribution in [-0.4, -0.2) is 32.6 Å². The Morgan fingerprint density at radius 1 is 0.789 bits per heavy atom. The van der Waals surface area contributed by atoms with E-state index >= 15 is 0 Å². The minimum Gasteiger partial charge on any atom is -0.396 e. The van der Waals surface area contributed by atoms with Crippen molar-refractivity contribution in [2.75, 3.05) is 13.2 Å². The molecule has 0 radical (unpaired) electrons. The Balaban J connectivity index is 1.89. The Morgan fingerprint density at radius 2 is 1.26 bits per heavy atom. The quantitative estimate of drug-likeness (QED) is 0.611. The predicted molar refractivity (Wildman–Crippen MR) is 68.1 cm³/mol. The Hall–Kier alpha value is -1.66. The van der Waals surface area contributed by atoms with Gasteiger partial charge in [0.25, 0.3) is 0 Å². The van der Waals surface area contributed by atoms with Crippen LogP contribution in [0.15, 0.2) is 37.4 Å². The third-order valence-corrected chi connectivity index (χ3v) is 2.97. The zero-order valence-corrected chi connectivity index (χ0v) is 11.1. The fourth-order valence-corrected chi connectivity index (χ4v) is 2.00. The number of aliphatic hydroxyl groups is 2. The largest absolute Gasteiger partial charge is 0.396 e. The highest BCUT2D eigenvalue weighted by Gasteiger charge is 2.08. The summed E-state index contributed by atoms with van der Waals surface area (Å²) in [5, 5.41) is 17.6. The molecular weight excluding hydrogens is 244 g/mol. The second-order valence-electron chi connectivity index (χ2n) is 4.63. The van der Waals surface area contributed by atoms with Gasteiger partial charge in [-0.25, -0.2) is 9.13 Å². The topological polar surface area (TPSA) is 58.1 Å². The van der Waals surface area contributed by atoms with E-state index in [0.717, 1.165) is 32.6 Å². The first-order chi connectivity index (χ1) is 9.31. The van der Waals surface area contributed by atoms with Gasteiger partial charge >= 0.3 is 0 Å². The lowest BCUT2D eigenvalue weighted by Gasteiger charge is -1.94. The molecule has 2 N–H and O–H groups in total. The number of rotatable bonds is 8. The summed E-state index contributed by atoms with van der Waals surface area (Å²) in [6, 6.07) is 0. The van der Waals surface area contributed by atoms with Gasteiger partial charge in [-0.15, -0.1) is 0 Å². The van der Waals surface area contributed by atoms with E-state index in [4.69, 9.17) is 10.2 Å². The monoisotopic (exact) mass is 266 g/mol. The Kier molecular flexibility index (Phi) is 5.11. The molecule has 0 amide bonds. The molecule has 0 saturated carbocycles. The average Bonchev–Trinajstić information content (AvgIpc) is 3.04. The molecule has 2 heterocycles. The van der Waals surface area contributed by atoms with E-state index in [9.17, 15) is 0 Å². The van der Waals surface area contributed by atoms with Crippen molar-refractivity contribution in [2.45, 2.75) is 32.6 Å². The average molecular weight is 266 g/mol. The van der Waals surface area contributed by atoms with E-state index < -0.39 is 0 Å². The standard InChI is InChI=1S/C13H22N4O2/c18-9-1-3-14-5-7-16(11-14)13-17-8-6-15(12-17)4-2-10-19/h5-8,11-12,18-19H,1-4,9-10,13H2/q+2. The van der Waals surface area contributed by atoms with Crippen molar-refractivity contribution in [3.05, 3.63) is 37.4 Å². The molecule has 19 heavy (non-hydrogen) atoms. The van der Waals surface area contributed by atoms with E-state index in [-0.39, 0.29) is 13.2 Å². The molecule has 0 saturated heterocycles. The van der Waals surface area contributed by atoms with Crippen LogP contribution in [0, 0.1) is 0 Å². The zero-order valence-electron chi connectivity index (χ0n) is 11.1. The third kappa shape index (κ3) is 4.18. The number of aliphatic hydroxyl groups excluding tert-OH is 2. The highest BCUT2D eigenvalue weighted by atomic mass is 16.3. The highest BCUT2D eigenvalue weighted by Crippen LogP contribution is 1.90. The minimum absolute atomic E-state index is 0.223. The van der Waals surface area contributed by atoms with Gasteiger partial charge in [-0.1, -0.05) is 0 Å². The minimum atomic E-state index is 0.223. The van der Waals surface area contributed by atoms with Gasteiger partial charge in [0.05, 0.1) is 13.1 Å². The van der Waals surface area contributed by atoms with Crippen LogP contribution in [0.25, 0.3) is 0 Å². The summed E-state index contributed by atoms with van der Waals surface area (Å²) < 4.78 is 8.32. The van der Waals surface area contributed by atoms with Crippen molar-refractivity contribution >= 4 is 0 Å². The first kappa shape index (κ1) is 13.8. The molecule has 0 atom stereocenters. The fourth-order valence-electron chi connectivity index (χ4n) is 2.00. The normalized spacial score (nSPS) is 11.1. The molecule has 0 aliphatic rings. The molecule has 2 rings (SSSR count). The van der Waals surface area contributed by atoms with Crippen molar-refractivity contribution in [3.8, 4) is 0 Å². The molecule has 0 unspecified atom stereocenters. The van der Waals surface area contributed by atoms with E-state index in [1.54, 1.807) is 0 Å². The smallest absolute Gasteiger partial charge is 0.246 e. The molecular formula is C13H22N4O2+2. The van der Waals surface area contributed by atoms with Gasteiger partial charge in [0, 0.05) is 26.1 Å². The Labute approximate surface area is 112 Å². The summed E-state index contributed by atoms with van der Waals surface area (Å²) in [5.74, 6) is 0. The maximum Gasteiger partial charge on any atom is 0.246 e. The first-order valence-corrected chi connectivity index (χ1v) is 6.63. The van der Waals surface area contributed by atoms with E-state index in [0.29, 0.717) is 0 Å². The maximum atomic E-state index is 8.80. The van der Waals surface area contributed by atoms with Crippen molar-refractivity contribution in [1.82, 2.24) is 9.13 Å². The number of hydrogen-bond donors (Lipinski definition) is 2. The summed E-state index contributed by atoms with van der Waals surface area (Å²) >= 11 is 0. The van der Waals surface area contributed by atoms with E-state index in [2.05, 4.69) is 18.3 Å².